The first-order valence-corrected chi connectivity index (χ1v) is 8.62. The number of anilines is 1. The van der Waals surface area contributed by atoms with E-state index in [-0.39, 0.29) is 17.8 Å². The van der Waals surface area contributed by atoms with Crippen molar-refractivity contribution in [2.75, 3.05) is 18.0 Å². The molecule has 1 aromatic carbocycles. The lowest BCUT2D eigenvalue weighted by Crippen LogP contribution is -2.42. The second kappa shape index (κ2) is 7.94. The van der Waals surface area contributed by atoms with Crippen LogP contribution in [-0.4, -0.2) is 46.3 Å². The van der Waals surface area contributed by atoms with Gasteiger partial charge in [-0.15, -0.1) is 13.2 Å². The van der Waals surface area contributed by atoms with E-state index in [0.29, 0.717) is 0 Å². The van der Waals surface area contributed by atoms with Crippen molar-refractivity contribution in [2.45, 2.75) is 44.8 Å². The van der Waals surface area contributed by atoms with Gasteiger partial charge in [-0.25, -0.2) is 4.98 Å². The number of ether oxygens (including phenoxy) is 1. The van der Waals surface area contributed by atoms with E-state index in [1.165, 1.54) is 18.5 Å². The zero-order valence-corrected chi connectivity index (χ0v) is 14.5. The molecule has 0 saturated carbocycles. The van der Waals surface area contributed by atoms with Crippen LogP contribution in [0.2, 0.25) is 0 Å². The van der Waals surface area contributed by atoms with Crippen LogP contribution >= 0.6 is 0 Å². The van der Waals surface area contributed by atoms with Crippen LogP contribution in [0.3, 0.4) is 0 Å². The van der Waals surface area contributed by atoms with Crippen LogP contribution in [0, 0.1) is 0 Å². The first-order valence-electron chi connectivity index (χ1n) is 8.62. The Kier molecular flexibility index (Phi) is 5.65. The van der Waals surface area contributed by atoms with Gasteiger partial charge in [-0.3, -0.25) is 4.68 Å². The molecular weight excluding hydrogens is 347 g/mol. The Hall–Kier alpha value is -2.29. The Morgan fingerprint density at radius 2 is 2.23 bits per heavy atom. The largest absolute Gasteiger partial charge is 0.573 e. The molecule has 0 unspecified atom stereocenters. The van der Waals surface area contributed by atoms with Crippen molar-refractivity contribution in [1.82, 2.24) is 20.1 Å². The minimum Gasteiger partial charge on any atom is -0.406 e. The molecule has 1 aliphatic heterocycles. The van der Waals surface area contributed by atoms with Crippen molar-refractivity contribution in [2.24, 2.45) is 0 Å². The molecule has 1 fully saturated rings. The highest BCUT2D eigenvalue weighted by molar-refractivity contribution is 5.51. The summed E-state index contributed by atoms with van der Waals surface area (Å²) in [5, 5.41) is 7.74. The van der Waals surface area contributed by atoms with E-state index in [2.05, 4.69) is 32.0 Å². The van der Waals surface area contributed by atoms with Crippen molar-refractivity contribution < 1.29 is 17.9 Å². The molecule has 1 aromatic heterocycles. The summed E-state index contributed by atoms with van der Waals surface area (Å²) in [5.74, 6) is -0.191. The number of aromatic nitrogens is 3. The van der Waals surface area contributed by atoms with Crippen LogP contribution in [0.4, 0.5) is 18.9 Å². The van der Waals surface area contributed by atoms with Crippen molar-refractivity contribution in [3.8, 4) is 5.75 Å². The summed E-state index contributed by atoms with van der Waals surface area (Å²) in [6, 6.07) is 6.67. The minimum absolute atomic E-state index is 0.191. The van der Waals surface area contributed by atoms with E-state index in [1.54, 1.807) is 23.1 Å². The van der Waals surface area contributed by atoms with Gasteiger partial charge >= 0.3 is 6.36 Å². The Bertz CT molecular complexity index is 692. The standard InChI is InChI=1S/C17H22F3N5O/c1-2-13(10-25-12-21-11-22-25)23-14-6-7-24(9-14)15-4-3-5-16(8-15)26-17(18,19)20/h3-5,8,11-14,23H,2,6-7,9-10H2,1H3/t13-,14-/m0/s1. The highest BCUT2D eigenvalue weighted by Crippen LogP contribution is 2.28. The first kappa shape index (κ1) is 18.5. The SMILES string of the molecule is CC[C@@H](Cn1cncn1)N[C@H]1CCN(c2cccc(OC(F)(F)F)c2)C1. The van der Waals surface area contributed by atoms with Gasteiger partial charge in [-0.1, -0.05) is 13.0 Å². The summed E-state index contributed by atoms with van der Waals surface area (Å²) in [4.78, 5) is 6.02. The van der Waals surface area contributed by atoms with Gasteiger partial charge in [0.25, 0.3) is 0 Å². The summed E-state index contributed by atoms with van der Waals surface area (Å²) in [7, 11) is 0. The van der Waals surface area contributed by atoms with Gasteiger partial charge in [0.1, 0.15) is 18.4 Å². The number of rotatable bonds is 7. The molecule has 2 atom stereocenters. The van der Waals surface area contributed by atoms with Crippen LogP contribution in [-0.2, 0) is 6.54 Å². The Balaban J connectivity index is 1.57. The molecule has 0 bridgehead atoms. The van der Waals surface area contributed by atoms with Gasteiger partial charge < -0.3 is 15.0 Å². The molecule has 0 spiro atoms. The molecule has 1 aliphatic rings. The number of nitrogens with zero attached hydrogens (tertiary/aromatic N) is 4. The van der Waals surface area contributed by atoms with E-state index in [0.717, 1.165) is 38.2 Å². The summed E-state index contributed by atoms with van der Waals surface area (Å²) >= 11 is 0. The van der Waals surface area contributed by atoms with Gasteiger partial charge in [0.15, 0.2) is 0 Å². The van der Waals surface area contributed by atoms with Gasteiger partial charge in [-0.2, -0.15) is 5.10 Å². The Morgan fingerprint density at radius 3 is 2.92 bits per heavy atom. The average Bonchev–Trinajstić information content (AvgIpc) is 3.25. The summed E-state index contributed by atoms with van der Waals surface area (Å²) in [6.07, 6.45) is 0.407. The maximum Gasteiger partial charge on any atom is 0.573 e. The molecule has 3 rings (SSSR count). The molecule has 0 radical (unpaired) electrons. The van der Waals surface area contributed by atoms with Crippen LogP contribution in [0.15, 0.2) is 36.9 Å². The van der Waals surface area contributed by atoms with E-state index in [4.69, 9.17) is 0 Å². The molecular formula is C17H22F3N5O. The number of benzene rings is 1. The van der Waals surface area contributed by atoms with Gasteiger partial charge in [-0.05, 0) is 25.0 Å². The number of nitrogens with one attached hydrogen (secondary N) is 1. The van der Waals surface area contributed by atoms with Crippen LogP contribution in [0.25, 0.3) is 0 Å². The number of alkyl halides is 3. The van der Waals surface area contributed by atoms with Crippen molar-refractivity contribution in [3.05, 3.63) is 36.9 Å². The highest BCUT2D eigenvalue weighted by atomic mass is 19.4. The predicted molar refractivity (Wildman–Crippen MR) is 91.0 cm³/mol. The number of halogens is 3. The minimum atomic E-state index is -4.68. The molecule has 2 heterocycles. The topological polar surface area (TPSA) is 55.2 Å². The number of hydrogen-bond donors (Lipinski definition) is 1. The summed E-state index contributed by atoms with van der Waals surface area (Å²) < 4.78 is 43.0. The van der Waals surface area contributed by atoms with Crippen molar-refractivity contribution in [1.29, 1.82) is 0 Å². The van der Waals surface area contributed by atoms with E-state index in [9.17, 15) is 13.2 Å². The van der Waals surface area contributed by atoms with E-state index >= 15 is 0 Å². The highest BCUT2D eigenvalue weighted by Gasteiger charge is 2.31. The Labute approximate surface area is 150 Å². The lowest BCUT2D eigenvalue weighted by molar-refractivity contribution is -0.274. The fourth-order valence-electron chi connectivity index (χ4n) is 3.19. The fraction of sp³-hybridized carbons (Fsp3) is 0.529. The van der Waals surface area contributed by atoms with Crippen LogP contribution < -0.4 is 15.0 Å². The molecule has 1 saturated heterocycles. The predicted octanol–water partition coefficient (Wildman–Crippen LogP) is 2.82. The first-order chi connectivity index (χ1) is 12.4. The summed E-state index contributed by atoms with van der Waals surface area (Å²) in [5.41, 5.74) is 0.736. The number of hydrogen-bond acceptors (Lipinski definition) is 5. The quantitative estimate of drug-likeness (QED) is 0.813. The lowest BCUT2D eigenvalue weighted by Gasteiger charge is -2.23. The Morgan fingerprint density at radius 1 is 1.38 bits per heavy atom. The molecule has 9 heteroatoms. The summed E-state index contributed by atoms with van der Waals surface area (Å²) in [6.45, 7) is 4.37. The zero-order valence-electron chi connectivity index (χ0n) is 14.5. The molecule has 0 amide bonds. The smallest absolute Gasteiger partial charge is 0.406 e. The van der Waals surface area contributed by atoms with E-state index in [1.807, 2.05) is 0 Å². The van der Waals surface area contributed by atoms with Gasteiger partial charge in [0.05, 0.1) is 6.54 Å². The average molecular weight is 369 g/mol. The van der Waals surface area contributed by atoms with Crippen molar-refractivity contribution >= 4 is 5.69 Å². The van der Waals surface area contributed by atoms with Crippen molar-refractivity contribution in [3.63, 3.8) is 0 Å². The molecule has 2 aromatic rings. The lowest BCUT2D eigenvalue weighted by atomic mass is 10.1. The molecule has 1 N–H and O–H groups in total. The van der Waals surface area contributed by atoms with Crippen LogP contribution in [0.5, 0.6) is 5.75 Å². The van der Waals surface area contributed by atoms with Gasteiger partial charge in [0, 0.05) is 36.9 Å². The molecule has 26 heavy (non-hydrogen) atoms. The van der Waals surface area contributed by atoms with Crippen LogP contribution in [0.1, 0.15) is 19.8 Å². The monoisotopic (exact) mass is 369 g/mol. The third-order valence-corrected chi connectivity index (χ3v) is 4.44. The molecule has 142 valence electrons. The second-order valence-electron chi connectivity index (χ2n) is 6.37. The second-order valence-corrected chi connectivity index (χ2v) is 6.37. The third kappa shape index (κ3) is 5.10. The molecule has 6 nitrogen and oxygen atoms in total. The van der Waals surface area contributed by atoms with Gasteiger partial charge in [0.2, 0.25) is 0 Å². The fourth-order valence-corrected chi connectivity index (χ4v) is 3.19. The van der Waals surface area contributed by atoms with E-state index < -0.39 is 6.36 Å². The zero-order chi connectivity index (χ0) is 18.6. The normalized spacial score (nSPS) is 18.9. The maximum absolute atomic E-state index is 12.4. The maximum atomic E-state index is 12.4. The molecule has 0 aliphatic carbocycles. The third-order valence-electron chi connectivity index (χ3n) is 4.44.